The van der Waals surface area contributed by atoms with E-state index in [9.17, 15) is 4.79 Å². The largest absolute Gasteiger partial charge is 0.397 e. The summed E-state index contributed by atoms with van der Waals surface area (Å²) >= 11 is 13.1. The number of carbonyl (C=O) groups is 1. The van der Waals surface area contributed by atoms with Crippen LogP contribution < -0.4 is 11.1 Å². The maximum absolute atomic E-state index is 11.9. The van der Waals surface area contributed by atoms with E-state index >= 15 is 0 Å². The zero-order valence-electron chi connectivity index (χ0n) is 11.1. The molecule has 0 fully saturated rings. The Balaban J connectivity index is 1.99. The van der Waals surface area contributed by atoms with Gasteiger partial charge in [0.15, 0.2) is 5.16 Å². The van der Waals surface area contributed by atoms with Gasteiger partial charge in [0.2, 0.25) is 5.91 Å². The summed E-state index contributed by atoms with van der Waals surface area (Å²) in [7, 11) is 0. The zero-order valence-corrected chi connectivity index (χ0v) is 13.4. The van der Waals surface area contributed by atoms with Gasteiger partial charge in [-0.1, -0.05) is 35.0 Å². The number of carbonyl (C=O) groups excluding carboxylic acids is 1. The molecule has 0 saturated carbocycles. The average molecular weight is 343 g/mol. The third-order valence-corrected chi connectivity index (χ3v) is 3.83. The Bertz CT molecular complexity index is 658. The predicted octanol–water partition coefficient (Wildman–Crippen LogP) is 3.40. The molecule has 0 aliphatic rings. The predicted molar refractivity (Wildman–Crippen MR) is 87.0 cm³/mol. The number of nitrogens with two attached hydrogens (primary N) is 1. The van der Waals surface area contributed by atoms with Gasteiger partial charge in [-0.3, -0.25) is 4.79 Å². The van der Waals surface area contributed by atoms with Gasteiger partial charge in [-0.25, -0.2) is 9.97 Å². The Morgan fingerprint density at radius 2 is 2.19 bits per heavy atom. The van der Waals surface area contributed by atoms with Crippen LogP contribution >= 0.6 is 35.0 Å². The molecule has 1 amide bonds. The van der Waals surface area contributed by atoms with Crippen molar-refractivity contribution in [1.29, 1.82) is 0 Å². The van der Waals surface area contributed by atoms with E-state index in [1.807, 2.05) is 6.92 Å². The van der Waals surface area contributed by atoms with Gasteiger partial charge in [0, 0.05) is 16.9 Å². The summed E-state index contributed by atoms with van der Waals surface area (Å²) in [5.41, 5.74) is 7.30. The molecule has 0 atom stereocenters. The number of aryl methyl sites for hydroxylation is 1. The molecule has 0 saturated heterocycles. The number of nitrogens with zero attached hydrogens (tertiary/aromatic N) is 2. The normalized spacial score (nSPS) is 10.4. The standard InChI is InChI=1S/C13H12Cl2N4OS/c1-7-2-3-17-13(18-7)21-6-11(20)19-12-9(15)4-8(14)5-10(12)16/h2-5H,6,16H2,1H3,(H,19,20). The molecule has 0 radical (unpaired) electrons. The molecule has 0 bridgehead atoms. The van der Waals surface area contributed by atoms with Crippen molar-refractivity contribution in [2.75, 3.05) is 16.8 Å². The molecule has 5 nitrogen and oxygen atoms in total. The van der Waals surface area contributed by atoms with Crippen LogP contribution in [0.15, 0.2) is 29.6 Å². The van der Waals surface area contributed by atoms with Crippen LogP contribution in [-0.2, 0) is 4.79 Å². The minimum absolute atomic E-state index is 0.155. The van der Waals surface area contributed by atoms with Crippen molar-refractivity contribution in [2.45, 2.75) is 12.1 Å². The van der Waals surface area contributed by atoms with Gasteiger partial charge in [-0.2, -0.15) is 0 Å². The molecule has 1 aromatic carbocycles. The molecule has 21 heavy (non-hydrogen) atoms. The highest BCUT2D eigenvalue weighted by Crippen LogP contribution is 2.32. The van der Waals surface area contributed by atoms with Crippen LogP contribution in [0.25, 0.3) is 0 Å². The van der Waals surface area contributed by atoms with Crippen molar-refractivity contribution in [3.8, 4) is 0 Å². The Hall–Kier alpha value is -1.50. The fourth-order valence-corrected chi connectivity index (χ4v) is 2.76. The van der Waals surface area contributed by atoms with Crippen molar-refractivity contribution in [2.24, 2.45) is 0 Å². The van der Waals surface area contributed by atoms with Crippen molar-refractivity contribution in [3.05, 3.63) is 40.1 Å². The van der Waals surface area contributed by atoms with E-state index < -0.39 is 0 Å². The minimum Gasteiger partial charge on any atom is -0.397 e. The lowest BCUT2D eigenvalue weighted by Gasteiger charge is -2.10. The van der Waals surface area contributed by atoms with Crippen LogP contribution in [0.5, 0.6) is 0 Å². The summed E-state index contributed by atoms with van der Waals surface area (Å²) in [5, 5.41) is 3.91. The maximum atomic E-state index is 11.9. The van der Waals surface area contributed by atoms with Gasteiger partial charge >= 0.3 is 0 Å². The van der Waals surface area contributed by atoms with Gasteiger partial charge in [-0.15, -0.1) is 0 Å². The molecule has 3 N–H and O–H groups in total. The summed E-state index contributed by atoms with van der Waals surface area (Å²) in [6.45, 7) is 1.86. The van der Waals surface area contributed by atoms with Crippen molar-refractivity contribution >= 4 is 52.2 Å². The highest BCUT2D eigenvalue weighted by Gasteiger charge is 2.11. The molecular formula is C13H12Cl2N4OS. The quantitative estimate of drug-likeness (QED) is 0.505. The summed E-state index contributed by atoms with van der Waals surface area (Å²) in [4.78, 5) is 20.2. The second kappa shape index (κ2) is 6.98. The van der Waals surface area contributed by atoms with E-state index in [1.54, 1.807) is 12.3 Å². The minimum atomic E-state index is -0.249. The van der Waals surface area contributed by atoms with E-state index in [2.05, 4.69) is 15.3 Å². The number of benzene rings is 1. The smallest absolute Gasteiger partial charge is 0.234 e. The van der Waals surface area contributed by atoms with Gasteiger partial charge < -0.3 is 11.1 Å². The van der Waals surface area contributed by atoms with Crippen LogP contribution in [0.2, 0.25) is 10.0 Å². The van der Waals surface area contributed by atoms with Gasteiger partial charge in [0.25, 0.3) is 0 Å². The number of hydrogen-bond donors (Lipinski definition) is 2. The zero-order chi connectivity index (χ0) is 15.4. The first-order chi connectivity index (χ1) is 9.95. The Morgan fingerprint density at radius 3 is 2.86 bits per heavy atom. The molecule has 0 spiro atoms. The second-order valence-electron chi connectivity index (χ2n) is 4.17. The number of aromatic nitrogens is 2. The molecule has 110 valence electrons. The third-order valence-electron chi connectivity index (χ3n) is 2.45. The summed E-state index contributed by atoms with van der Waals surface area (Å²) < 4.78 is 0. The number of nitrogens with one attached hydrogen (secondary N) is 1. The fraction of sp³-hybridized carbons (Fsp3) is 0.154. The van der Waals surface area contributed by atoms with E-state index in [4.69, 9.17) is 28.9 Å². The lowest BCUT2D eigenvalue weighted by molar-refractivity contribution is -0.113. The SMILES string of the molecule is Cc1ccnc(SCC(=O)Nc2c(N)cc(Cl)cc2Cl)n1. The molecule has 0 unspecified atom stereocenters. The summed E-state index contributed by atoms with van der Waals surface area (Å²) in [5.74, 6) is -0.0944. The van der Waals surface area contributed by atoms with Crippen molar-refractivity contribution in [1.82, 2.24) is 9.97 Å². The Morgan fingerprint density at radius 1 is 1.43 bits per heavy atom. The van der Waals surface area contributed by atoms with Crippen LogP contribution in [0.3, 0.4) is 0 Å². The monoisotopic (exact) mass is 342 g/mol. The number of rotatable bonds is 4. The molecule has 8 heteroatoms. The average Bonchev–Trinajstić information content (AvgIpc) is 2.40. The lowest BCUT2D eigenvalue weighted by Crippen LogP contribution is -2.16. The molecule has 1 aromatic heterocycles. The summed E-state index contributed by atoms with van der Waals surface area (Å²) in [6, 6.07) is 4.84. The Labute approximate surface area is 136 Å². The number of hydrogen-bond acceptors (Lipinski definition) is 5. The van der Waals surface area contributed by atoms with Crippen molar-refractivity contribution < 1.29 is 4.79 Å². The maximum Gasteiger partial charge on any atom is 0.234 e. The van der Waals surface area contributed by atoms with E-state index in [0.717, 1.165) is 5.69 Å². The number of halogens is 2. The van der Waals surface area contributed by atoms with Crippen LogP contribution in [-0.4, -0.2) is 21.6 Å². The first-order valence-corrected chi connectivity index (χ1v) is 7.66. The Kier molecular flexibility index (Phi) is 5.27. The second-order valence-corrected chi connectivity index (χ2v) is 5.96. The highest BCUT2D eigenvalue weighted by atomic mass is 35.5. The molecular weight excluding hydrogens is 331 g/mol. The fourth-order valence-electron chi connectivity index (χ4n) is 1.53. The molecule has 0 aliphatic heterocycles. The van der Waals surface area contributed by atoms with Crippen LogP contribution in [0.4, 0.5) is 11.4 Å². The lowest BCUT2D eigenvalue weighted by atomic mass is 10.2. The number of anilines is 2. The van der Waals surface area contributed by atoms with Gasteiger partial charge in [0.05, 0.1) is 22.2 Å². The molecule has 0 aliphatic carbocycles. The molecule has 1 heterocycles. The van der Waals surface area contributed by atoms with E-state index in [1.165, 1.54) is 23.9 Å². The number of thioether (sulfide) groups is 1. The summed E-state index contributed by atoms with van der Waals surface area (Å²) in [6.07, 6.45) is 1.65. The molecule has 2 rings (SSSR count). The first-order valence-electron chi connectivity index (χ1n) is 5.92. The third kappa shape index (κ3) is 4.49. The molecule has 2 aromatic rings. The van der Waals surface area contributed by atoms with Crippen LogP contribution in [0, 0.1) is 6.92 Å². The van der Waals surface area contributed by atoms with Gasteiger partial charge in [-0.05, 0) is 25.1 Å². The highest BCUT2D eigenvalue weighted by molar-refractivity contribution is 7.99. The van der Waals surface area contributed by atoms with Crippen LogP contribution in [0.1, 0.15) is 5.69 Å². The first kappa shape index (κ1) is 15.9. The number of amides is 1. The van der Waals surface area contributed by atoms with E-state index in [-0.39, 0.29) is 11.7 Å². The topological polar surface area (TPSA) is 80.9 Å². The van der Waals surface area contributed by atoms with E-state index in [0.29, 0.717) is 26.6 Å². The van der Waals surface area contributed by atoms with Crippen molar-refractivity contribution in [3.63, 3.8) is 0 Å². The number of nitrogen functional groups attached to an aromatic ring is 1. The van der Waals surface area contributed by atoms with Gasteiger partial charge in [0.1, 0.15) is 0 Å².